The number of anilines is 1. The zero-order chi connectivity index (χ0) is 17.2. The van der Waals surface area contributed by atoms with Gasteiger partial charge in [0.25, 0.3) is 5.91 Å². The molecule has 0 aliphatic carbocycles. The smallest absolute Gasteiger partial charge is 0.262 e. The molecule has 0 bridgehead atoms. The Morgan fingerprint density at radius 2 is 1.92 bits per heavy atom. The molecular formula is C19H21NO4. The van der Waals surface area contributed by atoms with Crippen LogP contribution in [0.4, 0.5) is 5.69 Å². The lowest BCUT2D eigenvalue weighted by atomic mass is 9.87. The van der Waals surface area contributed by atoms with E-state index >= 15 is 0 Å². The standard InChI is InChI=1S/C19H21NO4/c1-19(2,3)13-5-4-6-15(9-13)22-11-18(21)20-14-7-8-16-17(10-14)24-12-23-16/h4-10H,11-12H2,1-3H3,(H,20,21). The van der Waals surface area contributed by atoms with Crippen molar-refractivity contribution < 1.29 is 19.0 Å². The largest absolute Gasteiger partial charge is 0.484 e. The van der Waals surface area contributed by atoms with Gasteiger partial charge < -0.3 is 19.5 Å². The van der Waals surface area contributed by atoms with Gasteiger partial charge >= 0.3 is 0 Å². The first kappa shape index (κ1) is 16.2. The molecule has 126 valence electrons. The average Bonchev–Trinajstić information content (AvgIpc) is 3.00. The van der Waals surface area contributed by atoms with Gasteiger partial charge in [-0.15, -0.1) is 0 Å². The normalized spacial score (nSPS) is 12.8. The van der Waals surface area contributed by atoms with E-state index in [0.29, 0.717) is 22.9 Å². The fraction of sp³-hybridized carbons (Fsp3) is 0.316. The van der Waals surface area contributed by atoms with E-state index in [2.05, 4.69) is 32.2 Å². The number of ether oxygens (including phenoxy) is 3. The van der Waals surface area contributed by atoms with Crippen LogP contribution in [0, 0.1) is 0 Å². The Labute approximate surface area is 141 Å². The van der Waals surface area contributed by atoms with Crippen molar-refractivity contribution in [2.45, 2.75) is 26.2 Å². The van der Waals surface area contributed by atoms with Gasteiger partial charge in [-0.05, 0) is 35.2 Å². The molecule has 0 spiro atoms. The molecule has 24 heavy (non-hydrogen) atoms. The number of carbonyl (C=O) groups excluding carboxylic acids is 1. The fourth-order valence-corrected chi connectivity index (χ4v) is 2.37. The van der Waals surface area contributed by atoms with Gasteiger partial charge in [0, 0.05) is 11.8 Å². The maximum atomic E-state index is 12.1. The second-order valence-corrected chi connectivity index (χ2v) is 6.68. The molecule has 3 rings (SSSR count). The summed E-state index contributed by atoms with van der Waals surface area (Å²) in [6, 6.07) is 13.1. The molecule has 5 heteroatoms. The van der Waals surface area contributed by atoms with E-state index in [9.17, 15) is 4.79 Å². The van der Waals surface area contributed by atoms with Gasteiger partial charge in [0.05, 0.1) is 0 Å². The summed E-state index contributed by atoms with van der Waals surface area (Å²) >= 11 is 0. The Balaban J connectivity index is 1.58. The summed E-state index contributed by atoms with van der Waals surface area (Å²) in [6.45, 7) is 6.57. The average molecular weight is 327 g/mol. The molecule has 1 N–H and O–H groups in total. The Hall–Kier alpha value is -2.69. The number of nitrogens with one attached hydrogen (secondary N) is 1. The molecule has 0 saturated carbocycles. The van der Waals surface area contributed by atoms with Crippen molar-refractivity contribution in [3.8, 4) is 17.2 Å². The monoisotopic (exact) mass is 327 g/mol. The summed E-state index contributed by atoms with van der Waals surface area (Å²) in [5, 5.41) is 2.79. The second kappa shape index (κ2) is 6.43. The lowest BCUT2D eigenvalue weighted by Gasteiger charge is -2.19. The molecule has 0 unspecified atom stereocenters. The van der Waals surface area contributed by atoms with E-state index in [1.54, 1.807) is 18.2 Å². The van der Waals surface area contributed by atoms with Gasteiger partial charge in [-0.3, -0.25) is 4.79 Å². The molecule has 1 amide bonds. The predicted molar refractivity (Wildman–Crippen MR) is 91.8 cm³/mol. The molecule has 0 aromatic heterocycles. The maximum absolute atomic E-state index is 12.1. The van der Waals surface area contributed by atoms with E-state index in [4.69, 9.17) is 14.2 Å². The summed E-state index contributed by atoms with van der Waals surface area (Å²) in [5.74, 6) is 1.77. The quantitative estimate of drug-likeness (QED) is 0.929. The summed E-state index contributed by atoms with van der Waals surface area (Å²) in [7, 11) is 0. The SMILES string of the molecule is CC(C)(C)c1cccc(OCC(=O)Nc2ccc3c(c2)OCO3)c1. The van der Waals surface area contributed by atoms with E-state index in [0.717, 1.165) is 5.56 Å². The topological polar surface area (TPSA) is 56.8 Å². The fourth-order valence-electron chi connectivity index (χ4n) is 2.37. The van der Waals surface area contributed by atoms with Crippen molar-refractivity contribution in [2.24, 2.45) is 0 Å². The summed E-state index contributed by atoms with van der Waals surface area (Å²) in [6.07, 6.45) is 0. The van der Waals surface area contributed by atoms with E-state index < -0.39 is 0 Å². The lowest BCUT2D eigenvalue weighted by molar-refractivity contribution is -0.118. The molecule has 5 nitrogen and oxygen atoms in total. The van der Waals surface area contributed by atoms with Crippen LogP contribution in [0.15, 0.2) is 42.5 Å². The number of hydrogen-bond donors (Lipinski definition) is 1. The van der Waals surface area contributed by atoms with Crippen molar-refractivity contribution in [3.05, 3.63) is 48.0 Å². The number of carbonyl (C=O) groups is 1. The minimum absolute atomic E-state index is 0.0358. The van der Waals surface area contributed by atoms with Gasteiger partial charge in [-0.25, -0.2) is 0 Å². The molecule has 0 radical (unpaired) electrons. The predicted octanol–water partition coefficient (Wildman–Crippen LogP) is 3.73. The van der Waals surface area contributed by atoms with Crippen LogP contribution in [0.5, 0.6) is 17.2 Å². The van der Waals surface area contributed by atoms with Crippen LogP contribution in [-0.4, -0.2) is 19.3 Å². The number of benzene rings is 2. The highest BCUT2D eigenvalue weighted by molar-refractivity contribution is 5.92. The van der Waals surface area contributed by atoms with Crippen molar-refractivity contribution in [1.29, 1.82) is 0 Å². The molecule has 0 fully saturated rings. The van der Waals surface area contributed by atoms with Crippen molar-refractivity contribution in [1.82, 2.24) is 0 Å². The molecular weight excluding hydrogens is 306 g/mol. The van der Waals surface area contributed by atoms with Crippen LogP contribution in [0.1, 0.15) is 26.3 Å². The second-order valence-electron chi connectivity index (χ2n) is 6.68. The lowest BCUT2D eigenvalue weighted by Crippen LogP contribution is -2.20. The number of hydrogen-bond acceptors (Lipinski definition) is 4. The Morgan fingerprint density at radius 3 is 2.71 bits per heavy atom. The zero-order valence-corrected chi connectivity index (χ0v) is 14.1. The Bertz CT molecular complexity index is 749. The van der Waals surface area contributed by atoms with Crippen LogP contribution >= 0.6 is 0 Å². The Kier molecular flexibility index (Phi) is 4.34. The van der Waals surface area contributed by atoms with Crippen molar-refractivity contribution >= 4 is 11.6 Å². The minimum Gasteiger partial charge on any atom is -0.484 e. The van der Waals surface area contributed by atoms with Gasteiger partial charge in [0.1, 0.15) is 5.75 Å². The van der Waals surface area contributed by atoms with Crippen LogP contribution in [0.25, 0.3) is 0 Å². The Morgan fingerprint density at radius 1 is 1.12 bits per heavy atom. The van der Waals surface area contributed by atoms with Crippen LogP contribution in [0.2, 0.25) is 0 Å². The van der Waals surface area contributed by atoms with Gasteiger partial charge in [0.2, 0.25) is 6.79 Å². The molecule has 2 aromatic carbocycles. The minimum atomic E-state index is -0.227. The third-order valence-electron chi connectivity index (χ3n) is 3.73. The van der Waals surface area contributed by atoms with Crippen LogP contribution in [0.3, 0.4) is 0 Å². The summed E-state index contributed by atoms with van der Waals surface area (Å²) in [4.78, 5) is 12.1. The third-order valence-corrected chi connectivity index (χ3v) is 3.73. The number of fused-ring (bicyclic) bond motifs is 1. The van der Waals surface area contributed by atoms with Crippen LogP contribution < -0.4 is 19.5 Å². The van der Waals surface area contributed by atoms with Gasteiger partial charge in [-0.1, -0.05) is 32.9 Å². The van der Waals surface area contributed by atoms with Crippen molar-refractivity contribution in [2.75, 3.05) is 18.7 Å². The molecule has 1 aliphatic heterocycles. The highest BCUT2D eigenvalue weighted by Gasteiger charge is 2.15. The van der Waals surface area contributed by atoms with Gasteiger partial charge in [-0.2, -0.15) is 0 Å². The highest BCUT2D eigenvalue weighted by Crippen LogP contribution is 2.34. The number of rotatable bonds is 4. The number of amides is 1. The first-order valence-electron chi connectivity index (χ1n) is 7.85. The van der Waals surface area contributed by atoms with Crippen LogP contribution in [-0.2, 0) is 10.2 Å². The summed E-state index contributed by atoms with van der Waals surface area (Å²) < 4.78 is 16.1. The third kappa shape index (κ3) is 3.79. The van der Waals surface area contributed by atoms with Crippen molar-refractivity contribution in [3.63, 3.8) is 0 Å². The van der Waals surface area contributed by atoms with E-state index in [1.807, 2.05) is 18.2 Å². The molecule has 1 aliphatic rings. The molecule has 0 atom stereocenters. The van der Waals surface area contributed by atoms with E-state index in [1.165, 1.54) is 0 Å². The maximum Gasteiger partial charge on any atom is 0.262 e. The molecule has 0 saturated heterocycles. The molecule has 2 aromatic rings. The van der Waals surface area contributed by atoms with Gasteiger partial charge in [0.15, 0.2) is 18.1 Å². The zero-order valence-electron chi connectivity index (χ0n) is 14.1. The first-order valence-corrected chi connectivity index (χ1v) is 7.85. The molecule has 1 heterocycles. The summed E-state index contributed by atoms with van der Waals surface area (Å²) in [5.41, 5.74) is 1.85. The highest BCUT2D eigenvalue weighted by atomic mass is 16.7. The van der Waals surface area contributed by atoms with E-state index in [-0.39, 0.29) is 24.7 Å². The first-order chi connectivity index (χ1) is 11.4.